The number of rotatable bonds is 2. The van der Waals surface area contributed by atoms with Gasteiger partial charge in [0.05, 0.1) is 24.4 Å². The zero-order chi connectivity index (χ0) is 12.4. The Labute approximate surface area is 102 Å². The van der Waals surface area contributed by atoms with Gasteiger partial charge in [-0.3, -0.25) is 0 Å². The predicted octanol–water partition coefficient (Wildman–Crippen LogP) is 0.420. The van der Waals surface area contributed by atoms with Crippen LogP contribution >= 0.6 is 0 Å². The topological polar surface area (TPSA) is 80.9 Å². The fourth-order valence-electron chi connectivity index (χ4n) is 3.31. The quantitative estimate of drug-likeness (QED) is 0.567. The maximum absolute atomic E-state index is 9.92. The number of hydrogen-bond donors (Lipinski definition) is 4. The van der Waals surface area contributed by atoms with Gasteiger partial charge < -0.3 is 20.4 Å². The molecule has 0 aromatic heterocycles. The van der Waals surface area contributed by atoms with Gasteiger partial charge in [0, 0.05) is 0 Å². The molecule has 0 aliphatic heterocycles. The fraction of sp³-hybridized carbons (Fsp3) is 1.00. The van der Waals surface area contributed by atoms with Gasteiger partial charge in [0.2, 0.25) is 0 Å². The van der Waals surface area contributed by atoms with E-state index in [-0.39, 0.29) is 24.0 Å². The molecule has 17 heavy (non-hydrogen) atoms. The van der Waals surface area contributed by atoms with E-state index < -0.39 is 12.2 Å². The van der Waals surface area contributed by atoms with E-state index in [1.54, 1.807) is 0 Å². The van der Waals surface area contributed by atoms with E-state index in [9.17, 15) is 20.4 Å². The van der Waals surface area contributed by atoms with Crippen LogP contribution in [0, 0.1) is 11.8 Å². The summed E-state index contributed by atoms with van der Waals surface area (Å²) in [5.41, 5.74) is 0. The predicted molar refractivity (Wildman–Crippen MR) is 63.3 cm³/mol. The second-order valence-electron chi connectivity index (χ2n) is 5.82. The molecule has 2 aliphatic rings. The number of hydrogen-bond acceptors (Lipinski definition) is 4. The minimum absolute atomic E-state index is 0.202. The third kappa shape index (κ3) is 3.41. The Kier molecular flexibility index (Phi) is 4.42. The standard InChI is InChI=1S/C13H24O4/c14-10-3-1-8(12(16)6-10)5-9-2-4-11(15)7-13(9)17/h8-17H,1-7H2. The Morgan fingerprint density at radius 3 is 1.41 bits per heavy atom. The molecule has 0 heterocycles. The average Bonchev–Trinajstić information content (AvgIpc) is 2.25. The molecule has 2 aliphatic carbocycles. The van der Waals surface area contributed by atoms with Crippen molar-refractivity contribution in [1.82, 2.24) is 0 Å². The highest BCUT2D eigenvalue weighted by Crippen LogP contribution is 2.35. The normalized spacial score (nSPS) is 48.0. The second-order valence-corrected chi connectivity index (χ2v) is 5.82. The van der Waals surface area contributed by atoms with Crippen molar-refractivity contribution in [3.05, 3.63) is 0 Å². The highest BCUT2D eigenvalue weighted by atomic mass is 16.3. The molecule has 100 valence electrons. The van der Waals surface area contributed by atoms with Crippen LogP contribution in [0.25, 0.3) is 0 Å². The van der Waals surface area contributed by atoms with Crippen LogP contribution < -0.4 is 0 Å². The van der Waals surface area contributed by atoms with E-state index in [1.807, 2.05) is 0 Å². The molecule has 4 heteroatoms. The van der Waals surface area contributed by atoms with Crippen molar-refractivity contribution in [3.63, 3.8) is 0 Å². The zero-order valence-corrected chi connectivity index (χ0v) is 10.2. The fourth-order valence-corrected chi connectivity index (χ4v) is 3.31. The van der Waals surface area contributed by atoms with Crippen molar-refractivity contribution < 1.29 is 20.4 Å². The minimum atomic E-state index is -0.433. The molecular formula is C13H24O4. The Morgan fingerprint density at radius 2 is 1.06 bits per heavy atom. The largest absolute Gasteiger partial charge is 0.393 e. The van der Waals surface area contributed by atoms with E-state index >= 15 is 0 Å². The molecule has 0 amide bonds. The third-order valence-corrected chi connectivity index (χ3v) is 4.46. The molecule has 2 rings (SSSR count). The third-order valence-electron chi connectivity index (χ3n) is 4.46. The van der Waals surface area contributed by atoms with Crippen LogP contribution in [0.2, 0.25) is 0 Å². The van der Waals surface area contributed by atoms with Gasteiger partial charge in [-0.05, 0) is 56.8 Å². The number of aliphatic hydroxyl groups excluding tert-OH is 4. The van der Waals surface area contributed by atoms with Crippen molar-refractivity contribution in [2.24, 2.45) is 11.8 Å². The van der Waals surface area contributed by atoms with Crippen LogP contribution in [0.5, 0.6) is 0 Å². The minimum Gasteiger partial charge on any atom is -0.393 e. The van der Waals surface area contributed by atoms with Gasteiger partial charge in [0.25, 0.3) is 0 Å². The highest BCUT2D eigenvalue weighted by molar-refractivity contribution is 4.86. The first-order chi connectivity index (χ1) is 8.06. The van der Waals surface area contributed by atoms with Crippen molar-refractivity contribution in [3.8, 4) is 0 Å². The van der Waals surface area contributed by atoms with Crippen LogP contribution in [-0.2, 0) is 0 Å². The SMILES string of the molecule is OC1CCC(CC2CCC(O)CC2O)C(O)C1. The molecule has 0 spiro atoms. The first kappa shape index (κ1) is 13.3. The summed E-state index contributed by atoms with van der Waals surface area (Å²) >= 11 is 0. The molecule has 4 nitrogen and oxygen atoms in total. The lowest BCUT2D eigenvalue weighted by molar-refractivity contribution is -0.0389. The smallest absolute Gasteiger partial charge is 0.0593 e. The molecule has 0 aromatic rings. The molecule has 0 bridgehead atoms. The summed E-state index contributed by atoms with van der Waals surface area (Å²) in [6.07, 6.45) is 3.37. The molecule has 6 atom stereocenters. The van der Waals surface area contributed by atoms with E-state index in [2.05, 4.69) is 0 Å². The summed E-state index contributed by atoms with van der Waals surface area (Å²) in [5.74, 6) is 0.404. The monoisotopic (exact) mass is 244 g/mol. The molecule has 0 saturated heterocycles. The first-order valence-electron chi connectivity index (χ1n) is 6.78. The summed E-state index contributed by atoms with van der Waals surface area (Å²) in [5, 5.41) is 38.7. The van der Waals surface area contributed by atoms with E-state index in [0.29, 0.717) is 12.8 Å². The summed E-state index contributed by atoms with van der Waals surface area (Å²) in [6, 6.07) is 0. The van der Waals surface area contributed by atoms with Crippen molar-refractivity contribution in [2.45, 2.75) is 69.4 Å². The first-order valence-corrected chi connectivity index (χ1v) is 6.78. The maximum atomic E-state index is 9.92. The Morgan fingerprint density at radius 1 is 0.647 bits per heavy atom. The Balaban J connectivity index is 1.84. The van der Waals surface area contributed by atoms with Gasteiger partial charge >= 0.3 is 0 Å². The lowest BCUT2D eigenvalue weighted by Gasteiger charge is -2.37. The number of aliphatic hydroxyl groups is 4. The molecular weight excluding hydrogens is 220 g/mol. The summed E-state index contributed by atoms with van der Waals surface area (Å²) < 4.78 is 0. The second kappa shape index (κ2) is 5.65. The van der Waals surface area contributed by atoms with Gasteiger partial charge in [-0.25, -0.2) is 0 Å². The molecule has 0 radical (unpaired) electrons. The average molecular weight is 244 g/mol. The van der Waals surface area contributed by atoms with Gasteiger partial charge in [0.1, 0.15) is 0 Å². The lowest BCUT2D eigenvalue weighted by atomic mass is 9.74. The molecule has 2 saturated carbocycles. The highest BCUT2D eigenvalue weighted by Gasteiger charge is 2.34. The van der Waals surface area contributed by atoms with Gasteiger partial charge in [-0.1, -0.05) is 0 Å². The van der Waals surface area contributed by atoms with Crippen molar-refractivity contribution >= 4 is 0 Å². The van der Waals surface area contributed by atoms with Gasteiger partial charge in [0.15, 0.2) is 0 Å². The zero-order valence-electron chi connectivity index (χ0n) is 10.2. The molecule has 0 aromatic carbocycles. The molecule has 2 fully saturated rings. The van der Waals surface area contributed by atoms with E-state index in [1.165, 1.54) is 0 Å². The van der Waals surface area contributed by atoms with E-state index in [0.717, 1.165) is 32.1 Å². The van der Waals surface area contributed by atoms with Crippen molar-refractivity contribution in [2.75, 3.05) is 0 Å². The molecule has 6 unspecified atom stereocenters. The van der Waals surface area contributed by atoms with Crippen LogP contribution in [0.1, 0.15) is 44.9 Å². The summed E-state index contributed by atoms with van der Waals surface area (Å²) in [4.78, 5) is 0. The Hall–Kier alpha value is -0.160. The van der Waals surface area contributed by atoms with Crippen molar-refractivity contribution in [1.29, 1.82) is 0 Å². The van der Waals surface area contributed by atoms with Crippen LogP contribution in [0.15, 0.2) is 0 Å². The molecule has 4 N–H and O–H groups in total. The Bertz CT molecular complexity index is 222. The van der Waals surface area contributed by atoms with Gasteiger partial charge in [-0.15, -0.1) is 0 Å². The lowest BCUT2D eigenvalue weighted by Crippen LogP contribution is -2.38. The van der Waals surface area contributed by atoms with Crippen LogP contribution in [0.3, 0.4) is 0 Å². The van der Waals surface area contributed by atoms with Crippen LogP contribution in [-0.4, -0.2) is 44.8 Å². The maximum Gasteiger partial charge on any atom is 0.0593 e. The summed E-state index contributed by atoms with van der Waals surface area (Å²) in [7, 11) is 0. The van der Waals surface area contributed by atoms with Crippen LogP contribution in [0.4, 0.5) is 0 Å². The summed E-state index contributed by atoms with van der Waals surface area (Å²) in [6.45, 7) is 0. The van der Waals surface area contributed by atoms with Gasteiger partial charge in [-0.2, -0.15) is 0 Å². The van der Waals surface area contributed by atoms with E-state index in [4.69, 9.17) is 0 Å².